The van der Waals surface area contributed by atoms with Crippen LogP contribution in [0, 0.1) is 13.8 Å². The lowest BCUT2D eigenvalue weighted by Gasteiger charge is -2.43. The lowest BCUT2D eigenvalue weighted by atomic mass is 9.89. The Bertz CT molecular complexity index is 1150. The zero-order chi connectivity index (χ0) is 22.2. The van der Waals surface area contributed by atoms with Gasteiger partial charge in [0.25, 0.3) is 0 Å². The third-order valence-corrected chi connectivity index (χ3v) is 6.88. The number of aryl methyl sites for hydroxylation is 2. The van der Waals surface area contributed by atoms with Crippen LogP contribution < -0.4 is 5.32 Å². The van der Waals surface area contributed by atoms with E-state index in [0.29, 0.717) is 18.5 Å². The zero-order valence-electron chi connectivity index (χ0n) is 18.9. The van der Waals surface area contributed by atoms with Crippen molar-refractivity contribution in [3.63, 3.8) is 0 Å². The second kappa shape index (κ2) is 8.58. The summed E-state index contributed by atoms with van der Waals surface area (Å²) < 4.78 is 16.7. The number of halogens is 1. The maximum Gasteiger partial charge on any atom is 0.241 e. The van der Waals surface area contributed by atoms with Crippen molar-refractivity contribution in [1.29, 1.82) is 0 Å². The summed E-state index contributed by atoms with van der Waals surface area (Å²) in [6.07, 6.45) is 5.50. The SMILES string of the molecule is CN=Nc1ccc(-c2ccn3nc(NC4CCN(C5CCC5)CC4F)nc(C)c23)cc1C. The van der Waals surface area contributed by atoms with E-state index in [1.54, 1.807) is 7.05 Å². The lowest BCUT2D eigenvalue weighted by molar-refractivity contribution is 0.0552. The van der Waals surface area contributed by atoms with E-state index in [0.717, 1.165) is 46.6 Å². The molecule has 3 heterocycles. The van der Waals surface area contributed by atoms with Gasteiger partial charge in [0.15, 0.2) is 0 Å². The number of fused-ring (bicyclic) bond motifs is 1. The molecule has 1 aliphatic carbocycles. The number of alkyl halides is 1. The average Bonchev–Trinajstić information content (AvgIpc) is 3.15. The van der Waals surface area contributed by atoms with Gasteiger partial charge in [0.05, 0.1) is 22.9 Å². The van der Waals surface area contributed by atoms with Gasteiger partial charge in [-0.25, -0.2) is 13.9 Å². The number of nitrogens with zero attached hydrogens (tertiary/aromatic N) is 6. The topological polar surface area (TPSA) is 70.2 Å². The van der Waals surface area contributed by atoms with Crippen molar-refractivity contribution in [1.82, 2.24) is 19.5 Å². The van der Waals surface area contributed by atoms with Gasteiger partial charge in [-0.3, -0.25) is 4.90 Å². The third kappa shape index (κ3) is 3.88. The van der Waals surface area contributed by atoms with E-state index in [4.69, 9.17) is 0 Å². The van der Waals surface area contributed by atoms with Crippen LogP contribution >= 0.6 is 0 Å². The van der Waals surface area contributed by atoms with Crippen LogP contribution in [0.5, 0.6) is 0 Å². The quantitative estimate of drug-likeness (QED) is 0.566. The first-order valence-corrected chi connectivity index (χ1v) is 11.4. The van der Waals surface area contributed by atoms with E-state index in [-0.39, 0.29) is 6.04 Å². The first-order valence-electron chi connectivity index (χ1n) is 11.4. The van der Waals surface area contributed by atoms with Gasteiger partial charge in [-0.15, -0.1) is 5.10 Å². The Morgan fingerprint density at radius 1 is 1.16 bits per heavy atom. The number of rotatable bonds is 5. The average molecular weight is 436 g/mol. The normalized spacial score (nSPS) is 22.5. The van der Waals surface area contributed by atoms with E-state index < -0.39 is 6.17 Å². The highest BCUT2D eigenvalue weighted by Crippen LogP contribution is 2.32. The Balaban J connectivity index is 1.37. The number of benzene rings is 1. The maximum absolute atomic E-state index is 14.9. The summed E-state index contributed by atoms with van der Waals surface area (Å²) in [5, 5.41) is 15.9. The molecule has 0 radical (unpaired) electrons. The van der Waals surface area contributed by atoms with E-state index in [1.807, 2.05) is 42.8 Å². The number of hydrogen-bond donors (Lipinski definition) is 1. The number of hydrogen-bond acceptors (Lipinski definition) is 6. The van der Waals surface area contributed by atoms with Gasteiger partial charge in [-0.2, -0.15) is 10.2 Å². The van der Waals surface area contributed by atoms with Crippen molar-refractivity contribution < 1.29 is 4.39 Å². The van der Waals surface area contributed by atoms with Crippen molar-refractivity contribution in [3.05, 3.63) is 41.7 Å². The summed E-state index contributed by atoms with van der Waals surface area (Å²) in [5.74, 6) is 0.483. The molecule has 2 unspecified atom stereocenters. The molecule has 1 saturated carbocycles. The molecular weight excluding hydrogens is 405 g/mol. The number of piperidine rings is 1. The molecule has 8 heteroatoms. The van der Waals surface area contributed by atoms with Gasteiger partial charge in [0, 0.05) is 37.9 Å². The summed E-state index contributed by atoms with van der Waals surface area (Å²) in [7, 11) is 1.67. The molecular formula is C24H30FN7. The molecule has 1 aromatic carbocycles. The number of likely N-dealkylation sites (tertiary alicyclic amines) is 1. The van der Waals surface area contributed by atoms with Crippen LogP contribution in [0.15, 0.2) is 40.7 Å². The van der Waals surface area contributed by atoms with Gasteiger partial charge in [-0.05, 0) is 62.4 Å². The van der Waals surface area contributed by atoms with Crippen LogP contribution in [0.3, 0.4) is 0 Å². The first kappa shape index (κ1) is 21.0. The highest BCUT2D eigenvalue weighted by atomic mass is 19.1. The maximum atomic E-state index is 14.9. The lowest BCUT2D eigenvalue weighted by Crippen LogP contribution is -2.53. The van der Waals surface area contributed by atoms with Crippen LogP contribution in [0.25, 0.3) is 16.6 Å². The molecule has 0 spiro atoms. The fraction of sp³-hybridized carbons (Fsp3) is 0.500. The molecule has 1 saturated heterocycles. The molecule has 0 bridgehead atoms. The van der Waals surface area contributed by atoms with Crippen molar-refractivity contribution in [2.24, 2.45) is 10.2 Å². The molecule has 2 aromatic heterocycles. The van der Waals surface area contributed by atoms with Gasteiger partial charge >= 0.3 is 0 Å². The minimum absolute atomic E-state index is 0.249. The van der Waals surface area contributed by atoms with Crippen LogP contribution in [-0.4, -0.2) is 57.9 Å². The highest BCUT2D eigenvalue weighted by Gasteiger charge is 2.35. The molecule has 2 fully saturated rings. The predicted octanol–water partition coefficient (Wildman–Crippen LogP) is 5.10. The molecule has 32 heavy (non-hydrogen) atoms. The zero-order valence-corrected chi connectivity index (χ0v) is 18.9. The van der Waals surface area contributed by atoms with Crippen molar-refractivity contribution in [2.45, 2.75) is 57.8 Å². The van der Waals surface area contributed by atoms with Crippen LogP contribution in [0.4, 0.5) is 16.0 Å². The van der Waals surface area contributed by atoms with Crippen molar-refractivity contribution >= 4 is 17.2 Å². The second-order valence-electron chi connectivity index (χ2n) is 8.98. The summed E-state index contributed by atoms with van der Waals surface area (Å²) in [4.78, 5) is 7.00. The Labute approximate surface area is 187 Å². The van der Waals surface area contributed by atoms with Crippen LogP contribution in [0.1, 0.15) is 36.9 Å². The minimum atomic E-state index is -0.911. The molecule has 3 aromatic rings. The Morgan fingerprint density at radius 2 is 2.00 bits per heavy atom. The number of aromatic nitrogens is 3. The van der Waals surface area contributed by atoms with Gasteiger partial charge < -0.3 is 5.32 Å². The number of anilines is 1. The van der Waals surface area contributed by atoms with Crippen molar-refractivity contribution in [2.75, 3.05) is 25.5 Å². The Morgan fingerprint density at radius 3 is 2.69 bits per heavy atom. The summed E-state index contributed by atoms with van der Waals surface area (Å²) >= 11 is 0. The molecule has 2 atom stereocenters. The smallest absolute Gasteiger partial charge is 0.241 e. The predicted molar refractivity (Wildman–Crippen MR) is 124 cm³/mol. The molecule has 1 N–H and O–H groups in total. The minimum Gasteiger partial charge on any atom is -0.347 e. The summed E-state index contributed by atoms with van der Waals surface area (Å²) in [5.41, 5.74) is 5.89. The van der Waals surface area contributed by atoms with E-state index >= 15 is 0 Å². The van der Waals surface area contributed by atoms with E-state index in [9.17, 15) is 4.39 Å². The van der Waals surface area contributed by atoms with Crippen LogP contribution in [0.2, 0.25) is 0 Å². The molecule has 1 aliphatic heterocycles. The van der Waals surface area contributed by atoms with E-state index in [2.05, 4.69) is 36.6 Å². The van der Waals surface area contributed by atoms with Gasteiger partial charge in [0.2, 0.25) is 5.95 Å². The summed E-state index contributed by atoms with van der Waals surface area (Å²) in [6.45, 7) is 5.44. The largest absolute Gasteiger partial charge is 0.347 e. The number of azo groups is 1. The second-order valence-corrected chi connectivity index (χ2v) is 8.98. The molecule has 5 rings (SSSR count). The standard InChI is InChI=1S/C24H30FN7/c1-15-13-17(7-8-21(15)29-26-3)19-9-12-32-23(19)16(2)27-24(30-32)28-22-10-11-31(14-20(22)25)18-5-4-6-18/h7-9,12-13,18,20,22H,4-6,10-11,14H2,1-3H3,(H,28,30). The molecule has 7 nitrogen and oxygen atoms in total. The fourth-order valence-corrected chi connectivity index (χ4v) is 4.88. The highest BCUT2D eigenvalue weighted by molar-refractivity contribution is 5.83. The molecule has 168 valence electrons. The third-order valence-electron chi connectivity index (χ3n) is 6.88. The Hall–Kier alpha value is -2.87. The molecule has 2 aliphatic rings. The Kier molecular flexibility index (Phi) is 5.63. The van der Waals surface area contributed by atoms with Crippen molar-refractivity contribution in [3.8, 4) is 11.1 Å². The van der Waals surface area contributed by atoms with Gasteiger partial charge in [-0.1, -0.05) is 12.5 Å². The first-order chi connectivity index (χ1) is 15.5. The van der Waals surface area contributed by atoms with Crippen LogP contribution in [-0.2, 0) is 0 Å². The monoisotopic (exact) mass is 435 g/mol. The van der Waals surface area contributed by atoms with Gasteiger partial charge in [0.1, 0.15) is 6.17 Å². The van der Waals surface area contributed by atoms with E-state index in [1.165, 1.54) is 19.3 Å². The molecule has 0 amide bonds. The number of nitrogens with one attached hydrogen (secondary N) is 1. The fourth-order valence-electron chi connectivity index (χ4n) is 4.88. The summed E-state index contributed by atoms with van der Waals surface area (Å²) in [6, 6.07) is 8.51.